The van der Waals surface area contributed by atoms with Crippen LogP contribution in [0.3, 0.4) is 0 Å². The molecular formula is C26H21Cl3N2O4. The van der Waals surface area contributed by atoms with Crippen LogP contribution in [0, 0.1) is 0 Å². The van der Waals surface area contributed by atoms with Gasteiger partial charge in [0.05, 0.1) is 27.9 Å². The summed E-state index contributed by atoms with van der Waals surface area (Å²) in [6, 6.07) is 17.2. The molecule has 0 saturated carbocycles. The van der Waals surface area contributed by atoms with Gasteiger partial charge in [-0.25, -0.2) is 0 Å². The Hall–Kier alpha value is -2.90. The third kappa shape index (κ3) is 5.68. The van der Waals surface area contributed by atoms with Crippen molar-refractivity contribution in [3.8, 4) is 5.75 Å². The SMILES string of the molecule is COCCOc1ccccc1C(=O)NC1N=C(c2c(Cl)cc(Cl)cc2Cl)c2ccccc2CC1=O. The van der Waals surface area contributed by atoms with Crippen molar-refractivity contribution in [2.75, 3.05) is 20.3 Å². The predicted octanol–water partition coefficient (Wildman–Crippen LogP) is 5.39. The first-order chi connectivity index (χ1) is 16.9. The average molecular weight is 532 g/mol. The minimum atomic E-state index is -1.17. The van der Waals surface area contributed by atoms with Crippen LogP contribution in [0.2, 0.25) is 15.1 Å². The lowest BCUT2D eigenvalue weighted by Crippen LogP contribution is -2.40. The molecule has 0 spiro atoms. The Morgan fingerprint density at radius 1 is 1.03 bits per heavy atom. The van der Waals surface area contributed by atoms with Crippen molar-refractivity contribution >= 4 is 52.2 Å². The van der Waals surface area contributed by atoms with Crippen LogP contribution in [-0.4, -0.2) is 43.9 Å². The fourth-order valence-corrected chi connectivity index (χ4v) is 4.75. The maximum Gasteiger partial charge on any atom is 0.257 e. The number of ketones is 1. The summed E-state index contributed by atoms with van der Waals surface area (Å²) in [7, 11) is 1.56. The zero-order valence-corrected chi connectivity index (χ0v) is 21.0. The normalized spacial score (nSPS) is 15.1. The standard InChI is InChI=1S/C26H21Cl3N2O4/c1-34-10-11-35-22-9-5-4-8-18(22)26(33)31-25-21(32)12-15-6-2-3-7-17(15)24(30-25)23-19(28)13-16(27)14-20(23)29/h2-9,13-14,25H,10-12H2,1H3,(H,31,33). The van der Waals surface area contributed by atoms with Crippen molar-refractivity contribution in [3.05, 3.63) is 98.0 Å². The summed E-state index contributed by atoms with van der Waals surface area (Å²) >= 11 is 19.1. The van der Waals surface area contributed by atoms with E-state index in [0.717, 1.165) is 5.56 Å². The van der Waals surface area contributed by atoms with E-state index in [1.165, 1.54) is 0 Å². The number of para-hydroxylation sites is 1. The molecule has 35 heavy (non-hydrogen) atoms. The van der Waals surface area contributed by atoms with Gasteiger partial charge in [-0.15, -0.1) is 0 Å². The van der Waals surface area contributed by atoms with Crippen LogP contribution in [0.25, 0.3) is 0 Å². The Balaban J connectivity index is 1.73. The van der Waals surface area contributed by atoms with E-state index in [1.807, 2.05) is 24.3 Å². The summed E-state index contributed by atoms with van der Waals surface area (Å²) in [6.07, 6.45) is -1.09. The Morgan fingerprint density at radius 3 is 2.46 bits per heavy atom. The van der Waals surface area contributed by atoms with Crippen LogP contribution < -0.4 is 10.1 Å². The molecule has 1 N–H and O–H groups in total. The first-order valence-electron chi connectivity index (χ1n) is 10.7. The zero-order valence-electron chi connectivity index (χ0n) is 18.7. The number of nitrogens with zero attached hydrogens (tertiary/aromatic N) is 1. The van der Waals surface area contributed by atoms with E-state index in [-0.39, 0.29) is 34.4 Å². The highest BCUT2D eigenvalue weighted by Crippen LogP contribution is 2.33. The summed E-state index contributed by atoms with van der Waals surface area (Å²) in [6.45, 7) is 0.639. The first kappa shape index (κ1) is 25.2. The second-order valence-corrected chi connectivity index (χ2v) is 8.99. The van der Waals surface area contributed by atoms with Crippen LogP contribution >= 0.6 is 34.8 Å². The minimum Gasteiger partial charge on any atom is -0.490 e. The smallest absolute Gasteiger partial charge is 0.257 e. The molecule has 0 bridgehead atoms. The van der Waals surface area contributed by atoms with E-state index in [2.05, 4.69) is 10.3 Å². The molecule has 1 aliphatic heterocycles. The molecule has 1 unspecified atom stereocenters. The number of benzene rings is 3. The van der Waals surface area contributed by atoms with Gasteiger partial charge in [0.15, 0.2) is 11.9 Å². The van der Waals surface area contributed by atoms with Gasteiger partial charge in [-0.3, -0.25) is 14.6 Å². The number of Topliss-reactive ketones (excluding diaryl/α,β-unsaturated/α-hetero) is 1. The number of hydrogen-bond acceptors (Lipinski definition) is 5. The monoisotopic (exact) mass is 530 g/mol. The van der Waals surface area contributed by atoms with Gasteiger partial charge in [0.25, 0.3) is 5.91 Å². The number of aliphatic imine (C=N–C) groups is 1. The Bertz CT molecular complexity index is 1290. The van der Waals surface area contributed by atoms with Gasteiger partial charge in [0, 0.05) is 29.7 Å². The molecule has 0 aromatic heterocycles. The number of rotatable bonds is 7. The van der Waals surface area contributed by atoms with E-state index in [9.17, 15) is 9.59 Å². The Labute approximate surface area is 217 Å². The third-order valence-electron chi connectivity index (χ3n) is 5.39. The van der Waals surface area contributed by atoms with Crippen LogP contribution in [0.15, 0.2) is 65.7 Å². The first-order valence-corrected chi connectivity index (χ1v) is 11.9. The van der Waals surface area contributed by atoms with Crippen molar-refractivity contribution in [1.82, 2.24) is 5.32 Å². The number of halogens is 3. The van der Waals surface area contributed by atoms with Crippen LogP contribution in [0.4, 0.5) is 0 Å². The maximum absolute atomic E-state index is 13.2. The van der Waals surface area contributed by atoms with Gasteiger partial charge in [-0.2, -0.15) is 0 Å². The zero-order chi connectivity index (χ0) is 24.9. The van der Waals surface area contributed by atoms with Crippen molar-refractivity contribution in [1.29, 1.82) is 0 Å². The lowest BCUT2D eigenvalue weighted by molar-refractivity contribution is -0.120. The molecule has 3 aromatic carbocycles. The van der Waals surface area contributed by atoms with Gasteiger partial charge in [-0.05, 0) is 29.8 Å². The Morgan fingerprint density at radius 2 is 1.71 bits per heavy atom. The van der Waals surface area contributed by atoms with Crippen molar-refractivity contribution in [2.24, 2.45) is 4.99 Å². The van der Waals surface area contributed by atoms with Gasteiger partial charge in [-0.1, -0.05) is 71.2 Å². The number of fused-ring (bicyclic) bond motifs is 1. The quantitative estimate of drug-likeness (QED) is 0.415. The third-order valence-corrected chi connectivity index (χ3v) is 6.20. The molecule has 1 heterocycles. The van der Waals surface area contributed by atoms with E-state index in [1.54, 1.807) is 43.5 Å². The molecule has 3 aromatic rings. The summed E-state index contributed by atoms with van der Waals surface area (Å²) < 4.78 is 10.7. The fraction of sp³-hybridized carbons (Fsp3) is 0.192. The molecular weight excluding hydrogens is 511 g/mol. The van der Waals surface area contributed by atoms with Crippen LogP contribution in [0.5, 0.6) is 5.75 Å². The van der Waals surface area contributed by atoms with Gasteiger partial charge in [0.2, 0.25) is 0 Å². The van der Waals surface area contributed by atoms with Crippen molar-refractivity contribution < 1.29 is 19.1 Å². The predicted molar refractivity (Wildman–Crippen MR) is 137 cm³/mol. The number of nitrogens with one attached hydrogen (secondary N) is 1. The highest BCUT2D eigenvalue weighted by Gasteiger charge is 2.29. The fourth-order valence-electron chi connectivity index (χ4n) is 3.76. The second kappa shape index (κ2) is 11.2. The van der Waals surface area contributed by atoms with E-state index >= 15 is 0 Å². The summed E-state index contributed by atoms with van der Waals surface area (Å²) in [5, 5.41) is 3.68. The van der Waals surface area contributed by atoms with E-state index in [0.29, 0.717) is 34.2 Å². The lowest BCUT2D eigenvalue weighted by Gasteiger charge is -2.16. The number of methoxy groups -OCH3 is 1. The number of carbonyl (C=O) groups excluding carboxylic acids is 2. The number of hydrogen-bond donors (Lipinski definition) is 1. The Kier molecular flexibility index (Phi) is 8.08. The molecule has 4 rings (SSSR count). The second-order valence-electron chi connectivity index (χ2n) is 7.74. The van der Waals surface area contributed by atoms with Gasteiger partial charge < -0.3 is 14.8 Å². The number of ether oxygens (including phenoxy) is 2. The molecule has 1 atom stereocenters. The number of amides is 1. The largest absolute Gasteiger partial charge is 0.490 e. The topological polar surface area (TPSA) is 77.0 Å². The van der Waals surface area contributed by atoms with Crippen LogP contribution in [0.1, 0.15) is 27.0 Å². The summed E-state index contributed by atoms with van der Waals surface area (Å²) in [4.78, 5) is 31.0. The molecule has 9 heteroatoms. The molecule has 0 saturated heterocycles. The molecule has 0 fully saturated rings. The summed E-state index contributed by atoms with van der Waals surface area (Å²) in [5.41, 5.74) is 2.55. The van der Waals surface area contributed by atoms with Gasteiger partial charge in [0.1, 0.15) is 12.4 Å². The van der Waals surface area contributed by atoms with Crippen molar-refractivity contribution in [3.63, 3.8) is 0 Å². The molecule has 6 nitrogen and oxygen atoms in total. The molecule has 1 aliphatic rings. The lowest BCUT2D eigenvalue weighted by atomic mass is 9.96. The van der Waals surface area contributed by atoms with E-state index in [4.69, 9.17) is 44.3 Å². The van der Waals surface area contributed by atoms with Crippen molar-refractivity contribution in [2.45, 2.75) is 12.6 Å². The van der Waals surface area contributed by atoms with Crippen LogP contribution in [-0.2, 0) is 16.0 Å². The molecule has 0 radical (unpaired) electrons. The maximum atomic E-state index is 13.2. The highest BCUT2D eigenvalue weighted by molar-refractivity contribution is 6.43. The number of carbonyl (C=O) groups is 2. The summed E-state index contributed by atoms with van der Waals surface area (Å²) in [5.74, 6) is -0.405. The average Bonchev–Trinajstić information content (AvgIpc) is 2.95. The molecule has 0 aliphatic carbocycles. The van der Waals surface area contributed by atoms with Gasteiger partial charge >= 0.3 is 0 Å². The molecule has 180 valence electrons. The molecule has 1 amide bonds. The highest BCUT2D eigenvalue weighted by atomic mass is 35.5. The minimum absolute atomic E-state index is 0.0724. The van der Waals surface area contributed by atoms with E-state index < -0.39 is 12.1 Å².